The lowest BCUT2D eigenvalue weighted by atomic mass is 9.90. The van der Waals surface area contributed by atoms with Crippen LogP contribution in [0.15, 0.2) is 0 Å². The molecule has 72 valence electrons. The zero-order chi connectivity index (χ0) is 9.40. The van der Waals surface area contributed by atoms with E-state index in [-0.39, 0.29) is 0 Å². The second kappa shape index (κ2) is 6.84. The van der Waals surface area contributed by atoms with Crippen LogP contribution in [0.25, 0.3) is 0 Å². The van der Waals surface area contributed by atoms with Crippen molar-refractivity contribution in [3.63, 3.8) is 0 Å². The van der Waals surface area contributed by atoms with Crippen molar-refractivity contribution in [2.24, 2.45) is 5.92 Å². The van der Waals surface area contributed by atoms with E-state index in [4.69, 9.17) is 20.4 Å². The Morgan fingerprint density at radius 2 is 1.75 bits per heavy atom. The maximum absolute atomic E-state index is 8.69. The highest BCUT2D eigenvalue weighted by molar-refractivity contribution is 4.63. The maximum Gasteiger partial charge on any atom is 0.291 e. The molecule has 0 bridgehead atoms. The summed E-state index contributed by atoms with van der Waals surface area (Å²) < 4.78 is 0. The first-order valence-corrected chi connectivity index (χ1v) is 4.11. The third kappa shape index (κ3) is 7.27. The minimum absolute atomic E-state index is 0.417. The van der Waals surface area contributed by atoms with Crippen LogP contribution in [0.5, 0.6) is 0 Å². The maximum atomic E-state index is 8.69. The lowest BCUT2D eigenvalue weighted by molar-refractivity contribution is -0.742. The summed E-state index contributed by atoms with van der Waals surface area (Å²) >= 11 is 0. The second-order valence-electron chi connectivity index (χ2n) is 2.92. The number of nitrogens with zero attached hydrogens (tertiary/aromatic N) is 1. The molecule has 1 rings (SSSR count). The number of hydrogen-bond acceptors (Lipinski definition) is 3. The van der Waals surface area contributed by atoms with E-state index in [0.29, 0.717) is 12.5 Å². The molecule has 2 N–H and O–H groups in total. The van der Waals surface area contributed by atoms with Crippen molar-refractivity contribution in [1.82, 2.24) is 0 Å². The number of rotatable bonds is 1. The van der Waals surface area contributed by atoms with E-state index in [1.807, 2.05) is 0 Å². The van der Waals surface area contributed by atoms with Gasteiger partial charge in [0.15, 0.2) is 0 Å². The molecule has 0 amide bonds. The Hall–Kier alpha value is -0.840. The van der Waals surface area contributed by atoms with E-state index in [2.05, 4.69) is 0 Å². The van der Waals surface area contributed by atoms with E-state index in [0.717, 1.165) is 0 Å². The smallest absolute Gasteiger partial charge is 0.291 e. The lowest BCUT2D eigenvalue weighted by Crippen LogP contribution is -2.09. The van der Waals surface area contributed by atoms with Crippen LogP contribution in [-0.2, 0) is 0 Å². The summed E-state index contributed by atoms with van der Waals surface area (Å²) in [7, 11) is 0. The Kier molecular flexibility index (Phi) is 6.37. The molecule has 0 heterocycles. The van der Waals surface area contributed by atoms with E-state index < -0.39 is 5.09 Å². The molecule has 0 spiro atoms. The first-order valence-electron chi connectivity index (χ1n) is 4.11. The Morgan fingerprint density at radius 1 is 1.33 bits per heavy atom. The fraction of sp³-hybridized carbons (Fsp3) is 1.00. The molecule has 0 saturated heterocycles. The molecule has 12 heavy (non-hydrogen) atoms. The molecule has 1 fully saturated rings. The van der Waals surface area contributed by atoms with Crippen LogP contribution < -0.4 is 0 Å². The van der Waals surface area contributed by atoms with Gasteiger partial charge in [-0.2, -0.15) is 0 Å². The normalized spacial score (nSPS) is 17.8. The summed E-state index contributed by atoms with van der Waals surface area (Å²) in [6, 6.07) is 0. The van der Waals surface area contributed by atoms with Gasteiger partial charge in [-0.15, -0.1) is 10.1 Å². The quantitative estimate of drug-likeness (QED) is 0.465. The van der Waals surface area contributed by atoms with Crippen LogP contribution in [0.3, 0.4) is 0 Å². The average Bonchev–Trinajstić information content (AvgIpc) is 2.05. The molecule has 0 aromatic rings. The van der Waals surface area contributed by atoms with E-state index in [1.54, 1.807) is 0 Å². The van der Waals surface area contributed by atoms with Gasteiger partial charge in [0.1, 0.15) is 0 Å². The van der Waals surface area contributed by atoms with Gasteiger partial charge in [-0.25, -0.2) is 0 Å². The van der Waals surface area contributed by atoms with Crippen molar-refractivity contribution in [3.05, 3.63) is 10.1 Å². The van der Waals surface area contributed by atoms with Gasteiger partial charge in [-0.3, -0.25) is 0 Å². The van der Waals surface area contributed by atoms with Crippen molar-refractivity contribution < 1.29 is 15.4 Å². The minimum atomic E-state index is -1.50. The van der Waals surface area contributed by atoms with Gasteiger partial charge in [0.25, 0.3) is 5.09 Å². The summed E-state index contributed by atoms with van der Waals surface area (Å²) in [4.78, 5) is 8.36. The Bertz CT molecular complexity index is 119. The van der Waals surface area contributed by atoms with Crippen LogP contribution in [0.2, 0.25) is 0 Å². The molecule has 1 aliphatic carbocycles. The fourth-order valence-electron chi connectivity index (χ4n) is 1.37. The molecule has 0 aromatic carbocycles. The predicted octanol–water partition coefficient (Wildman–Crippen LogP) is 1.21. The highest BCUT2D eigenvalue weighted by Crippen LogP contribution is 2.22. The molecule has 5 heteroatoms. The van der Waals surface area contributed by atoms with Crippen molar-refractivity contribution in [2.75, 3.05) is 6.61 Å². The predicted molar refractivity (Wildman–Crippen MR) is 42.4 cm³/mol. The number of hydrogen-bond donors (Lipinski definition) is 2. The number of aliphatic hydroxyl groups is 1. The second-order valence-corrected chi connectivity index (χ2v) is 2.92. The topological polar surface area (TPSA) is 83.6 Å². The largest absolute Gasteiger partial charge is 0.396 e. The Labute approximate surface area is 71.1 Å². The molecule has 0 radical (unpaired) electrons. The summed E-state index contributed by atoms with van der Waals surface area (Å²) in [5, 5.41) is 22.3. The van der Waals surface area contributed by atoms with Crippen molar-refractivity contribution in [1.29, 1.82) is 0 Å². The van der Waals surface area contributed by atoms with Crippen molar-refractivity contribution in [2.45, 2.75) is 32.1 Å². The van der Waals surface area contributed by atoms with Gasteiger partial charge < -0.3 is 10.3 Å². The summed E-state index contributed by atoms with van der Waals surface area (Å²) in [6.45, 7) is 0.417. The summed E-state index contributed by atoms with van der Waals surface area (Å²) in [5.41, 5.74) is 0. The molecular formula is C7H15NO4. The first kappa shape index (κ1) is 11.2. The third-order valence-corrected chi connectivity index (χ3v) is 1.98. The van der Waals surface area contributed by atoms with E-state index in [9.17, 15) is 0 Å². The van der Waals surface area contributed by atoms with Crippen LogP contribution in [0.1, 0.15) is 32.1 Å². The first-order chi connectivity index (χ1) is 5.66. The van der Waals surface area contributed by atoms with Crippen LogP contribution in [0.4, 0.5) is 0 Å². The van der Waals surface area contributed by atoms with Crippen molar-refractivity contribution >= 4 is 0 Å². The molecule has 0 aromatic heterocycles. The van der Waals surface area contributed by atoms with Gasteiger partial charge in [0.05, 0.1) is 0 Å². The van der Waals surface area contributed by atoms with E-state index in [1.165, 1.54) is 32.1 Å². The van der Waals surface area contributed by atoms with Crippen LogP contribution in [0, 0.1) is 16.0 Å². The minimum Gasteiger partial charge on any atom is -0.396 e. The fourth-order valence-corrected chi connectivity index (χ4v) is 1.37. The van der Waals surface area contributed by atoms with Gasteiger partial charge in [0.2, 0.25) is 0 Å². The van der Waals surface area contributed by atoms with E-state index >= 15 is 0 Å². The molecule has 0 unspecified atom stereocenters. The Balaban J connectivity index is 0.000000261. The van der Waals surface area contributed by atoms with Crippen LogP contribution in [-0.4, -0.2) is 22.0 Å². The Morgan fingerprint density at radius 3 is 2.00 bits per heavy atom. The SMILES string of the molecule is O=[N+]([O-])O.OCC1CCCCC1. The zero-order valence-corrected chi connectivity index (χ0v) is 6.98. The van der Waals surface area contributed by atoms with Gasteiger partial charge in [-0.1, -0.05) is 19.3 Å². The van der Waals surface area contributed by atoms with Gasteiger partial charge >= 0.3 is 0 Å². The van der Waals surface area contributed by atoms with Gasteiger partial charge in [-0.05, 0) is 18.8 Å². The average molecular weight is 177 g/mol. The highest BCUT2D eigenvalue weighted by Gasteiger charge is 2.10. The molecule has 1 aliphatic rings. The summed E-state index contributed by atoms with van der Waals surface area (Å²) in [6.07, 6.45) is 6.58. The van der Waals surface area contributed by atoms with Crippen molar-refractivity contribution in [3.8, 4) is 0 Å². The number of aliphatic hydroxyl groups excluding tert-OH is 1. The lowest BCUT2D eigenvalue weighted by Gasteiger charge is -2.18. The highest BCUT2D eigenvalue weighted by atomic mass is 16.9. The van der Waals surface area contributed by atoms with Crippen LogP contribution >= 0.6 is 0 Å². The molecule has 0 atom stereocenters. The standard InChI is InChI=1S/C7H14O.HNO3/c8-6-7-4-2-1-3-5-7;2-1(3)4/h7-8H,1-6H2;(H,2,3,4). The van der Waals surface area contributed by atoms with Gasteiger partial charge in [0, 0.05) is 6.61 Å². The molecule has 5 nitrogen and oxygen atoms in total. The zero-order valence-electron chi connectivity index (χ0n) is 6.98. The molecular weight excluding hydrogens is 162 g/mol. The summed E-state index contributed by atoms with van der Waals surface area (Å²) in [5.74, 6) is 0.642. The monoisotopic (exact) mass is 177 g/mol. The molecule has 1 saturated carbocycles. The molecule has 0 aliphatic heterocycles. The third-order valence-electron chi connectivity index (χ3n) is 1.98.